The molecule has 0 bridgehead atoms. The van der Waals surface area contributed by atoms with Crippen LogP contribution in [0.3, 0.4) is 0 Å². The molecule has 0 atom stereocenters. The number of ether oxygens (including phenoxy) is 1. The van der Waals surface area contributed by atoms with Crippen molar-refractivity contribution in [3.05, 3.63) is 89.3 Å². The van der Waals surface area contributed by atoms with Crippen LogP contribution in [0.4, 0.5) is 16.3 Å². The maximum Gasteiger partial charge on any atom is 0.420 e. The highest BCUT2D eigenvalue weighted by atomic mass is 35.5. The lowest BCUT2D eigenvalue weighted by atomic mass is 10.0. The number of benzene rings is 3. The summed E-state index contributed by atoms with van der Waals surface area (Å²) in [6, 6.07) is 18.7. The molecule has 0 aliphatic heterocycles. The van der Waals surface area contributed by atoms with Crippen molar-refractivity contribution >= 4 is 52.0 Å². The van der Waals surface area contributed by atoms with Crippen LogP contribution in [0.25, 0.3) is 27.7 Å². The molecule has 5 aromatic rings. The van der Waals surface area contributed by atoms with E-state index in [1.807, 2.05) is 74.6 Å². The largest absolute Gasteiger partial charge is 0.443 e. The summed E-state index contributed by atoms with van der Waals surface area (Å²) in [6.45, 7) is 7.32. The van der Waals surface area contributed by atoms with Crippen LogP contribution in [0.15, 0.2) is 73.2 Å². The molecule has 37 heavy (non-hydrogen) atoms. The zero-order valence-electron chi connectivity index (χ0n) is 20.9. The van der Waals surface area contributed by atoms with Crippen LogP contribution in [0.2, 0.25) is 5.02 Å². The van der Waals surface area contributed by atoms with E-state index >= 15 is 0 Å². The van der Waals surface area contributed by atoms with Gasteiger partial charge < -0.3 is 4.74 Å². The minimum atomic E-state index is -0.730. The second-order valence-electron chi connectivity index (χ2n) is 9.75. The standard InChI is InChI=1S/C29H25ClN4O3/c1-18-6-5-7-22(30)26(18)34(28(36)37-29(2,3)4)27-25-15-31-17-33(25)24-14-21(12-13-23(24)32-27)20-10-8-19(16-35)9-11-20/h5-17H,1-4H3. The summed E-state index contributed by atoms with van der Waals surface area (Å²) < 4.78 is 7.68. The second-order valence-corrected chi connectivity index (χ2v) is 10.2. The molecular weight excluding hydrogens is 488 g/mol. The smallest absolute Gasteiger partial charge is 0.420 e. The molecule has 0 aliphatic rings. The number of nitrogens with zero attached hydrogens (tertiary/aromatic N) is 4. The van der Waals surface area contributed by atoms with Gasteiger partial charge >= 0.3 is 6.09 Å². The number of halogens is 1. The number of imidazole rings is 1. The number of anilines is 2. The van der Waals surface area contributed by atoms with Gasteiger partial charge in [0.2, 0.25) is 0 Å². The van der Waals surface area contributed by atoms with Crippen molar-refractivity contribution in [2.24, 2.45) is 0 Å². The fraction of sp³-hybridized carbons (Fsp3) is 0.172. The summed E-state index contributed by atoms with van der Waals surface area (Å²) in [5, 5.41) is 0.402. The molecule has 2 aromatic heterocycles. The second kappa shape index (κ2) is 9.33. The molecule has 186 valence electrons. The summed E-state index contributed by atoms with van der Waals surface area (Å²) >= 11 is 6.62. The Hall–Kier alpha value is -4.23. The van der Waals surface area contributed by atoms with E-state index in [1.54, 1.807) is 30.7 Å². The number of carbonyl (C=O) groups excluding carboxylic acids is 2. The number of aldehydes is 1. The van der Waals surface area contributed by atoms with Crippen molar-refractivity contribution in [3.63, 3.8) is 0 Å². The summed E-state index contributed by atoms with van der Waals surface area (Å²) in [5.41, 5.74) is 5.20. The van der Waals surface area contributed by atoms with Crippen LogP contribution in [-0.4, -0.2) is 32.3 Å². The quantitative estimate of drug-likeness (QED) is 0.234. The fourth-order valence-electron chi connectivity index (χ4n) is 4.23. The number of para-hydroxylation sites is 1. The van der Waals surface area contributed by atoms with Crippen molar-refractivity contribution < 1.29 is 14.3 Å². The number of aryl methyl sites for hydroxylation is 1. The summed E-state index contributed by atoms with van der Waals surface area (Å²) in [7, 11) is 0. The van der Waals surface area contributed by atoms with Crippen LogP contribution in [0.1, 0.15) is 36.7 Å². The number of hydrogen-bond acceptors (Lipinski definition) is 5. The Bertz CT molecular complexity index is 1630. The maximum absolute atomic E-state index is 13.6. The number of aromatic nitrogens is 3. The third-order valence-corrected chi connectivity index (χ3v) is 6.21. The van der Waals surface area contributed by atoms with E-state index in [-0.39, 0.29) is 0 Å². The lowest BCUT2D eigenvalue weighted by Crippen LogP contribution is -2.35. The molecule has 0 fully saturated rings. The molecule has 3 aromatic carbocycles. The van der Waals surface area contributed by atoms with Crippen molar-refractivity contribution in [1.29, 1.82) is 0 Å². The molecule has 1 amide bonds. The van der Waals surface area contributed by atoms with Gasteiger partial charge in [0.05, 0.1) is 34.3 Å². The highest BCUT2D eigenvalue weighted by Gasteiger charge is 2.30. The zero-order valence-corrected chi connectivity index (χ0v) is 21.7. The van der Waals surface area contributed by atoms with Gasteiger partial charge in [-0.05, 0) is 62.6 Å². The van der Waals surface area contributed by atoms with E-state index in [2.05, 4.69) is 4.98 Å². The van der Waals surface area contributed by atoms with Gasteiger partial charge in [0.15, 0.2) is 5.82 Å². The minimum Gasteiger partial charge on any atom is -0.443 e. The first kappa shape index (κ1) is 24.5. The van der Waals surface area contributed by atoms with Crippen LogP contribution >= 0.6 is 11.6 Å². The van der Waals surface area contributed by atoms with E-state index in [0.29, 0.717) is 33.1 Å². The molecule has 0 saturated heterocycles. The van der Waals surface area contributed by atoms with Gasteiger partial charge in [-0.15, -0.1) is 0 Å². The summed E-state index contributed by atoms with van der Waals surface area (Å²) in [4.78, 5) is 35.3. The number of carbonyl (C=O) groups is 2. The normalized spacial score (nSPS) is 11.6. The molecule has 7 nitrogen and oxygen atoms in total. The molecular formula is C29H25ClN4O3. The van der Waals surface area contributed by atoms with E-state index in [0.717, 1.165) is 28.5 Å². The third kappa shape index (κ3) is 4.66. The van der Waals surface area contributed by atoms with Gasteiger partial charge in [0.25, 0.3) is 0 Å². The maximum atomic E-state index is 13.6. The average Bonchev–Trinajstić information content (AvgIpc) is 3.35. The van der Waals surface area contributed by atoms with Crippen molar-refractivity contribution in [2.45, 2.75) is 33.3 Å². The zero-order chi connectivity index (χ0) is 26.3. The molecule has 0 spiro atoms. The lowest BCUT2D eigenvalue weighted by molar-refractivity contribution is 0.0598. The Balaban J connectivity index is 1.73. The first-order valence-electron chi connectivity index (χ1n) is 11.8. The van der Waals surface area contributed by atoms with E-state index in [9.17, 15) is 9.59 Å². The molecule has 0 radical (unpaired) electrons. The van der Waals surface area contributed by atoms with Gasteiger partial charge in [-0.2, -0.15) is 0 Å². The van der Waals surface area contributed by atoms with E-state index < -0.39 is 11.7 Å². The topological polar surface area (TPSA) is 76.8 Å². The van der Waals surface area contributed by atoms with Crippen LogP contribution in [0.5, 0.6) is 0 Å². The molecule has 2 heterocycles. The number of hydrogen-bond donors (Lipinski definition) is 0. The highest BCUT2D eigenvalue weighted by Crippen LogP contribution is 2.38. The Labute approximate surface area is 219 Å². The number of fused-ring (bicyclic) bond motifs is 3. The van der Waals surface area contributed by atoms with Gasteiger partial charge in [-0.3, -0.25) is 9.20 Å². The van der Waals surface area contributed by atoms with Crippen LogP contribution in [0, 0.1) is 6.92 Å². The predicted octanol–water partition coefficient (Wildman–Crippen LogP) is 7.40. The monoisotopic (exact) mass is 512 g/mol. The SMILES string of the molecule is Cc1cccc(Cl)c1N(C(=O)OC(C)(C)C)c1nc2ccc(-c3ccc(C=O)cc3)cc2n2cncc12. The van der Waals surface area contributed by atoms with Crippen molar-refractivity contribution in [3.8, 4) is 11.1 Å². The predicted molar refractivity (Wildman–Crippen MR) is 146 cm³/mol. The van der Waals surface area contributed by atoms with Gasteiger partial charge in [-0.25, -0.2) is 19.7 Å². The van der Waals surface area contributed by atoms with E-state index in [4.69, 9.17) is 21.3 Å². The Kier molecular flexibility index (Phi) is 6.17. The summed E-state index contributed by atoms with van der Waals surface area (Å²) in [5.74, 6) is 0.360. The molecule has 0 N–H and O–H groups in total. The molecule has 0 saturated carbocycles. The number of amides is 1. The first-order chi connectivity index (χ1) is 17.7. The molecule has 0 unspecified atom stereocenters. The van der Waals surface area contributed by atoms with Crippen molar-refractivity contribution in [1.82, 2.24) is 14.4 Å². The lowest BCUT2D eigenvalue weighted by Gasteiger charge is -2.29. The minimum absolute atomic E-state index is 0.360. The fourth-order valence-corrected chi connectivity index (χ4v) is 4.54. The van der Waals surface area contributed by atoms with Crippen LogP contribution < -0.4 is 4.90 Å². The van der Waals surface area contributed by atoms with Crippen molar-refractivity contribution in [2.75, 3.05) is 4.90 Å². The van der Waals surface area contributed by atoms with E-state index in [1.165, 1.54) is 4.90 Å². The third-order valence-electron chi connectivity index (χ3n) is 5.91. The Morgan fingerprint density at radius 3 is 2.43 bits per heavy atom. The van der Waals surface area contributed by atoms with Crippen LogP contribution in [-0.2, 0) is 4.74 Å². The Morgan fingerprint density at radius 2 is 1.76 bits per heavy atom. The number of rotatable bonds is 4. The Morgan fingerprint density at radius 1 is 1.03 bits per heavy atom. The van der Waals surface area contributed by atoms with Gasteiger partial charge in [0, 0.05) is 5.56 Å². The molecule has 5 rings (SSSR count). The molecule has 0 aliphatic carbocycles. The average molecular weight is 513 g/mol. The first-order valence-corrected chi connectivity index (χ1v) is 12.1. The summed E-state index contributed by atoms with van der Waals surface area (Å²) in [6.07, 6.45) is 3.58. The molecule has 8 heteroatoms. The van der Waals surface area contributed by atoms with Gasteiger partial charge in [-0.1, -0.05) is 54.1 Å². The van der Waals surface area contributed by atoms with Gasteiger partial charge in [0.1, 0.15) is 17.4 Å². The highest BCUT2D eigenvalue weighted by molar-refractivity contribution is 6.34.